The molecule has 1 aromatic rings. The number of halogens is 1. The first-order chi connectivity index (χ1) is 19.3. The zero-order chi connectivity index (χ0) is 30.0. The van der Waals surface area contributed by atoms with Gasteiger partial charge in [0.2, 0.25) is 11.7 Å². The Morgan fingerprint density at radius 2 is 1.95 bits per heavy atom. The molecule has 4 atom stereocenters. The van der Waals surface area contributed by atoms with Crippen LogP contribution in [-0.4, -0.2) is 99.2 Å². The van der Waals surface area contributed by atoms with Crippen LogP contribution < -0.4 is 11.1 Å². The van der Waals surface area contributed by atoms with Gasteiger partial charge in [0.1, 0.15) is 23.6 Å². The van der Waals surface area contributed by atoms with E-state index in [9.17, 15) is 39.6 Å². The summed E-state index contributed by atoms with van der Waals surface area (Å²) >= 11 is 2.00. The number of aromatic hydroxyl groups is 1. The Morgan fingerprint density at radius 1 is 1.24 bits per heavy atom. The van der Waals surface area contributed by atoms with Crippen molar-refractivity contribution in [1.29, 1.82) is 0 Å². The van der Waals surface area contributed by atoms with E-state index in [4.69, 9.17) is 10.6 Å². The number of phenolic OH excluding ortho intramolecular Hbond substituents is 1. The van der Waals surface area contributed by atoms with Gasteiger partial charge in [0.15, 0.2) is 17.1 Å². The van der Waals surface area contributed by atoms with Crippen LogP contribution in [0.4, 0.5) is 5.69 Å². The van der Waals surface area contributed by atoms with Crippen molar-refractivity contribution in [2.45, 2.75) is 37.3 Å². The number of aliphatic hydroxyl groups is 3. The minimum atomic E-state index is -2.71. The molecule has 0 saturated carbocycles. The number of Topliss-reactive ketones (excluding diaryl/α,β-unsaturated/α-hetero) is 2. The van der Waals surface area contributed by atoms with E-state index in [1.54, 1.807) is 20.2 Å². The van der Waals surface area contributed by atoms with Gasteiger partial charge >= 0.3 is 0 Å². The predicted molar refractivity (Wildman–Crippen MR) is 152 cm³/mol. The molecule has 1 aliphatic heterocycles. The number of anilines is 1. The van der Waals surface area contributed by atoms with Gasteiger partial charge in [0.25, 0.3) is 5.91 Å². The lowest BCUT2D eigenvalue weighted by atomic mass is 9.58. The first-order valence-electron chi connectivity index (χ1n) is 13.2. The van der Waals surface area contributed by atoms with Gasteiger partial charge in [-0.1, -0.05) is 0 Å². The smallest absolute Gasteiger partial charge is 0.255 e. The quantitative estimate of drug-likeness (QED) is 0.145. The Balaban J connectivity index is 1.56. The number of hydrogen-bond donors (Lipinski definition) is 6. The van der Waals surface area contributed by atoms with Crippen LogP contribution in [0, 0.1) is 15.4 Å². The van der Waals surface area contributed by atoms with Crippen molar-refractivity contribution in [1.82, 2.24) is 9.96 Å². The summed E-state index contributed by atoms with van der Waals surface area (Å²) in [4.78, 5) is 59.1. The lowest BCUT2D eigenvalue weighted by Crippen LogP contribution is -2.63. The minimum Gasteiger partial charge on any atom is -0.510 e. The Labute approximate surface area is 248 Å². The highest BCUT2D eigenvalue weighted by Gasteiger charge is 2.63. The van der Waals surface area contributed by atoms with E-state index in [0.717, 1.165) is 12.8 Å². The molecule has 3 aliphatic carbocycles. The van der Waals surface area contributed by atoms with Gasteiger partial charge in [0.05, 0.1) is 23.9 Å². The summed E-state index contributed by atoms with van der Waals surface area (Å²) in [6.45, 7) is 1.00. The summed E-state index contributed by atoms with van der Waals surface area (Å²) in [7, 11) is 3.14. The van der Waals surface area contributed by atoms with E-state index >= 15 is 0 Å². The normalized spacial score (nSPS) is 28.4. The molecule has 0 aromatic heterocycles. The Bertz CT molecular complexity index is 1430. The monoisotopic (exact) mass is 682 g/mol. The number of likely N-dealkylation sites (N-methyl/N-ethyl adjacent to an activating group) is 1. The number of phenols is 1. The largest absolute Gasteiger partial charge is 0.510 e. The van der Waals surface area contributed by atoms with Gasteiger partial charge in [0, 0.05) is 21.6 Å². The number of rotatable bonds is 5. The number of primary amides is 1. The third-order valence-electron chi connectivity index (χ3n) is 8.34. The molecular weight excluding hydrogens is 651 g/mol. The molecule has 0 spiro atoms. The number of hydrogen-bond acceptors (Lipinski definition) is 11. The fourth-order valence-corrected chi connectivity index (χ4v) is 7.29. The lowest BCUT2D eigenvalue weighted by Gasteiger charge is -2.50. The average molecular weight is 682 g/mol. The van der Waals surface area contributed by atoms with Gasteiger partial charge in [-0.3, -0.25) is 28.9 Å². The topological polar surface area (TPSA) is 203 Å². The first kappa shape index (κ1) is 29.4. The Morgan fingerprint density at radius 3 is 2.56 bits per heavy atom. The maximum Gasteiger partial charge on any atom is 0.255 e. The first-order valence-corrected chi connectivity index (χ1v) is 14.2. The molecule has 41 heavy (non-hydrogen) atoms. The zero-order valence-electron chi connectivity index (χ0n) is 22.4. The molecule has 13 nitrogen and oxygen atoms in total. The van der Waals surface area contributed by atoms with E-state index in [2.05, 4.69) is 5.32 Å². The van der Waals surface area contributed by atoms with Crippen LogP contribution in [0.25, 0.3) is 0 Å². The van der Waals surface area contributed by atoms with Gasteiger partial charge in [-0.25, -0.2) is 0 Å². The maximum atomic E-state index is 13.9. The van der Waals surface area contributed by atoms with E-state index < -0.39 is 69.7 Å². The number of fused-ring (bicyclic) bond motifs is 3. The maximum absolute atomic E-state index is 13.9. The summed E-state index contributed by atoms with van der Waals surface area (Å²) in [5.74, 6) is -7.72. The molecule has 1 heterocycles. The van der Waals surface area contributed by atoms with Crippen LogP contribution >= 0.6 is 22.6 Å². The fraction of sp³-hybridized carbons (Fsp3) is 0.481. The van der Waals surface area contributed by atoms with Crippen LogP contribution in [-0.2, 0) is 25.6 Å². The zero-order valence-corrected chi connectivity index (χ0v) is 24.6. The molecule has 2 amide bonds. The summed E-state index contributed by atoms with van der Waals surface area (Å²) in [6.07, 6.45) is 1.93. The van der Waals surface area contributed by atoms with Crippen LogP contribution in [0.15, 0.2) is 28.7 Å². The van der Waals surface area contributed by atoms with Crippen molar-refractivity contribution < 1.29 is 44.4 Å². The number of carbonyl (C=O) groups is 4. The number of allylic oxidation sites excluding steroid dienone is 1. The number of amides is 2. The van der Waals surface area contributed by atoms with Gasteiger partial charge < -0.3 is 31.5 Å². The van der Waals surface area contributed by atoms with Crippen molar-refractivity contribution in [3.8, 4) is 5.75 Å². The highest BCUT2D eigenvalue weighted by Crippen LogP contribution is 2.53. The van der Waals surface area contributed by atoms with E-state index in [0.29, 0.717) is 22.3 Å². The average Bonchev–Trinajstić information content (AvgIpc) is 2.89. The third-order valence-corrected chi connectivity index (χ3v) is 9.30. The fourth-order valence-electron chi connectivity index (χ4n) is 6.49. The molecule has 1 aromatic carbocycles. The van der Waals surface area contributed by atoms with E-state index in [1.807, 2.05) is 22.6 Å². The van der Waals surface area contributed by atoms with E-state index in [-0.39, 0.29) is 36.2 Å². The van der Waals surface area contributed by atoms with Crippen molar-refractivity contribution in [2.24, 2.45) is 17.6 Å². The third kappa shape index (κ3) is 4.61. The second kappa shape index (κ2) is 10.7. The molecule has 220 valence electrons. The molecule has 1 fully saturated rings. The number of ketones is 2. The summed E-state index contributed by atoms with van der Waals surface area (Å²) in [5, 5.41) is 49.2. The molecule has 5 rings (SSSR count). The number of hydroxylamine groups is 2. The number of carbonyl (C=O) groups excluding carboxylic acids is 4. The molecular formula is C27H31IN4O9. The number of aliphatic hydroxyl groups excluding tert-OH is 2. The second-order valence-corrected chi connectivity index (χ2v) is 12.2. The lowest BCUT2D eigenvalue weighted by molar-refractivity contribution is -0.182. The Hall–Kier alpha value is -3.05. The van der Waals surface area contributed by atoms with Crippen molar-refractivity contribution in [2.75, 3.05) is 39.1 Å². The highest BCUT2D eigenvalue weighted by molar-refractivity contribution is 14.1. The van der Waals surface area contributed by atoms with Crippen molar-refractivity contribution >= 4 is 51.7 Å². The van der Waals surface area contributed by atoms with E-state index in [1.165, 1.54) is 9.96 Å². The number of benzene rings is 1. The predicted octanol–water partition coefficient (Wildman–Crippen LogP) is 0.691. The molecule has 7 N–H and O–H groups in total. The van der Waals surface area contributed by atoms with Gasteiger partial charge in [-0.2, -0.15) is 5.06 Å². The number of nitrogens with one attached hydrogen (secondary N) is 1. The van der Waals surface area contributed by atoms with Crippen LogP contribution in [0.2, 0.25) is 0 Å². The highest BCUT2D eigenvalue weighted by atomic mass is 127. The molecule has 0 unspecified atom stereocenters. The SMILES string of the molecule is CN(C)[C@@H]1C(O)=C(C(N)=O)C(=O)[C@@]2(O)C(O)=C3C(=O)c4c(O)c(NC(=O)CN5CCCCO5)cc(I)c4C[C@H]3C[C@@H]12. The molecule has 14 heteroatoms. The van der Waals surface area contributed by atoms with Crippen LogP contribution in [0.1, 0.15) is 35.2 Å². The molecule has 0 radical (unpaired) electrons. The Kier molecular flexibility index (Phi) is 7.65. The van der Waals surface area contributed by atoms with Gasteiger partial charge in [-0.15, -0.1) is 0 Å². The standard InChI is InChI=1S/C27H31IN4O9/c1-31(2)20-13-8-11-7-12-14(28)9-15(30-16(33)10-32-5-3-4-6-41-32)21(34)18(12)22(35)17(11)24(37)27(13,40)25(38)19(23(20)36)26(29)39/h9,11,13,20,34,36-37,40H,3-8,10H2,1-2H3,(H2,29,39)(H,30,33)/t11-,13-,20-,27-/m0/s1. The summed E-state index contributed by atoms with van der Waals surface area (Å²) < 4.78 is 0.579. The minimum absolute atomic E-state index is 0.00305. The van der Waals surface area contributed by atoms with Crippen LogP contribution in [0.5, 0.6) is 5.75 Å². The van der Waals surface area contributed by atoms with Crippen molar-refractivity contribution in [3.05, 3.63) is 43.4 Å². The number of nitrogens with zero attached hydrogens (tertiary/aromatic N) is 2. The van der Waals surface area contributed by atoms with Crippen molar-refractivity contribution in [3.63, 3.8) is 0 Å². The second-order valence-electron chi connectivity index (χ2n) is 11.0. The van der Waals surface area contributed by atoms with Crippen LogP contribution in [0.3, 0.4) is 0 Å². The summed E-state index contributed by atoms with van der Waals surface area (Å²) in [5.41, 5.74) is 1.83. The number of nitrogens with two attached hydrogens (primary N) is 1. The summed E-state index contributed by atoms with van der Waals surface area (Å²) in [6, 6.07) is 0.486. The molecule has 1 saturated heterocycles. The van der Waals surface area contributed by atoms with Gasteiger partial charge in [-0.05, 0) is 79.9 Å². The molecule has 4 aliphatic rings. The molecule has 0 bridgehead atoms.